The predicted octanol–water partition coefficient (Wildman–Crippen LogP) is -7.54. The molecule has 0 aromatic rings. The van der Waals surface area contributed by atoms with Crippen LogP contribution in [-0.4, -0.2) is 62.3 Å². The van der Waals surface area contributed by atoms with E-state index < -0.39 is 18.5 Å². The van der Waals surface area contributed by atoms with Gasteiger partial charge in [-0.05, 0) is 0 Å². The number of hydrogen-bond donors (Lipinski definition) is 3. The van der Waals surface area contributed by atoms with E-state index in [1.165, 1.54) is 0 Å². The van der Waals surface area contributed by atoms with E-state index in [1.54, 1.807) is 0 Å². The number of carbonyl (C=O) groups is 3. The Morgan fingerprint density at radius 1 is 0.733 bits per heavy atom. The van der Waals surface area contributed by atoms with Gasteiger partial charge in [0.2, 0.25) is 18.5 Å². The summed E-state index contributed by atoms with van der Waals surface area (Å²) in [5, 5.41) is 45.9. The number of hydrogen-bond acceptors (Lipinski definition) is 6. The molecule has 0 amide bonds. The van der Waals surface area contributed by atoms with Gasteiger partial charge in [-0.25, -0.2) is 0 Å². The molecule has 0 rings (SSSR count). The van der Waals surface area contributed by atoms with Crippen molar-refractivity contribution in [2.45, 2.75) is 0 Å². The molecule has 0 bridgehead atoms. The Labute approximate surface area is 141 Å². The second-order valence-corrected chi connectivity index (χ2v) is 0.798. The Hall–Kier alpha value is 0.173. The third kappa shape index (κ3) is 70500. The first-order valence-corrected chi connectivity index (χ1v) is 1.90. The van der Waals surface area contributed by atoms with Crippen LogP contribution in [0, 0.1) is 0 Å². The van der Waals surface area contributed by atoms with Gasteiger partial charge in [0.05, 0.1) is 0 Å². The Morgan fingerprint density at radius 2 is 0.733 bits per heavy atom. The van der Waals surface area contributed by atoms with E-state index in [1.807, 2.05) is 0 Å². The molecule has 0 saturated heterocycles. The van der Waals surface area contributed by atoms with Crippen LogP contribution in [0.2, 0.25) is 0 Å². The Balaban J connectivity index is -0.0000000184. The molecule has 0 heterocycles. The standard InChI is InChI=1S/3CH2O3.K.Mg.H2O/c3*2-1(3)4;;;/h3*(H2,2,3,4);;;1H2/q;;;+1;+2;/p-3. The second kappa shape index (κ2) is 29.2. The summed E-state index contributed by atoms with van der Waals surface area (Å²) in [6, 6.07) is 0. The minimum atomic E-state index is -2.08. The molecule has 5 N–H and O–H groups in total. The van der Waals surface area contributed by atoms with Gasteiger partial charge in [0.25, 0.3) is 0 Å². The van der Waals surface area contributed by atoms with E-state index in [2.05, 4.69) is 0 Å². The van der Waals surface area contributed by atoms with Crippen molar-refractivity contribution in [3.63, 3.8) is 0 Å². The molecule has 0 saturated carbocycles. The molecule has 0 radical (unpaired) electrons. The van der Waals surface area contributed by atoms with Crippen LogP contribution in [-0.2, 0) is 0 Å². The van der Waals surface area contributed by atoms with Gasteiger partial charge in [0.1, 0.15) is 0 Å². The molecule has 0 fully saturated rings. The van der Waals surface area contributed by atoms with Crippen molar-refractivity contribution in [1.29, 1.82) is 0 Å². The summed E-state index contributed by atoms with van der Waals surface area (Å²) in [4.78, 5) is 25.3. The Morgan fingerprint density at radius 3 is 0.733 bits per heavy atom. The van der Waals surface area contributed by atoms with Gasteiger partial charge in [-0.1, -0.05) is 0 Å². The Kier molecular flexibility index (Phi) is 70.6. The van der Waals surface area contributed by atoms with Crippen LogP contribution in [0.15, 0.2) is 0 Å². The fourth-order valence-corrected chi connectivity index (χ4v) is 0. The summed E-state index contributed by atoms with van der Waals surface area (Å²) in [7, 11) is 0. The molecule has 0 aliphatic heterocycles. The van der Waals surface area contributed by atoms with E-state index in [0.29, 0.717) is 0 Å². The molecule has 80 valence electrons. The smallest absolute Gasteiger partial charge is 0.565 e. The van der Waals surface area contributed by atoms with Crippen LogP contribution in [0.5, 0.6) is 0 Å². The first-order chi connectivity index (χ1) is 5.20. The minimum absolute atomic E-state index is 0. The topological polar surface area (TPSA) is 213 Å². The van der Waals surface area contributed by atoms with Gasteiger partial charge in [0.15, 0.2) is 0 Å². The summed E-state index contributed by atoms with van der Waals surface area (Å²) in [5.41, 5.74) is 0. The normalized spacial score (nSPS) is 4.80. The van der Waals surface area contributed by atoms with Gasteiger partial charge in [-0.2, -0.15) is 0 Å². The summed E-state index contributed by atoms with van der Waals surface area (Å²) >= 11 is 0. The van der Waals surface area contributed by atoms with E-state index in [-0.39, 0.29) is 79.9 Å². The van der Waals surface area contributed by atoms with Gasteiger partial charge in [-0.3, -0.25) is 0 Å². The minimum Gasteiger partial charge on any atom is -0.565 e. The summed E-state index contributed by atoms with van der Waals surface area (Å²) < 4.78 is 0. The van der Waals surface area contributed by atoms with Gasteiger partial charge >= 0.3 is 74.4 Å². The number of carboxylic acid groups (broad SMARTS) is 6. The van der Waals surface area contributed by atoms with Crippen molar-refractivity contribution in [2.75, 3.05) is 0 Å². The molecule has 0 atom stereocenters. The van der Waals surface area contributed by atoms with Crippen molar-refractivity contribution in [3.05, 3.63) is 0 Å². The molecule has 12 heteroatoms. The zero-order valence-electron chi connectivity index (χ0n) is 7.50. The quantitative estimate of drug-likeness (QED) is 0.354. The maximum atomic E-state index is 8.44. The number of rotatable bonds is 0. The van der Waals surface area contributed by atoms with Crippen LogP contribution >= 0.6 is 0 Å². The van der Waals surface area contributed by atoms with E-state index in [9.17, 15) is 0 Å². The van der Waals surface area contributed by atoms with E-state index in [4.69, 9.17) is 45.0 Å². The summed E-state index contributed by atoms with van der Waals surface area (Å²) in [5.74, 6) is 0. The molecule has 10 nitrogen and oxygen atoms in total. The van der Waals surface area contributed by atoms with Crippen LogP contribution in [0.1, 0.15) is 0 Å². The van der Waals surface area contributed by atoms with Gasteiger partial charge in [-0.15, -0.1) is 0 Å². The van der Waals surface area contributed by atoms with Crippen LogP contribution in [0.3, 0.4) is 0 Å². The molecule has 0 aromatic carbocycles. The maximum absolute atomic E-state index is 8.44. The zero-order chi connectivity index (χ0) is 10.7. The van der Waals surface area contributed by atoms with Crippen LogP contribution < -0.4 is 66.7 Å². The predicted molar refractivity (Wildman–Crippen MR) is 33.4 cm³/mol. The first kappa shape index (κ1) is 36.2. The van der Waals surface area contributed by atoms with Crippen molar-refractivity contribution >= 4 is 41.5 Å². The van der Waals surface area contributed by atoms with E-state index >= 15 is 0 Å². The fourth-order valence-electron chi connectivity index (χ4n) is 0. The largest absolute Gasteiger partial charge is 2.00 e. The van der Waals surface area contributed by atoms with Crippen molar-refractivity contribution in [2.24, 2.45) is 0 Å². The van der Waals surface area contributed by atoms with E-state index in [0.717, 1.165) is 0 Å². The van der Waals surface area contributed by atoms with Gasteiger partial charge in [0, 0.05) is 0 Å². The molecule has 15 heavy (non-hydrogen) atoms. The zero-order valence-corrected chi connectivity index (χ0v) is 12.0. The van der Waals surface area contributed by atoms with Crippen LogP contribution in [0.4, 0.5) is 14.4 Å². The molecule has 0 spiro atoms. The van der Waals surface area contributed by atoms with Crippen molar-refractivity contribution < 1.29 is 102 Å². The summed E-state index contributed by atoms with van der Waals surface area (Å²) in [6.45, 7) is 0. The summed E-state index contributed by atoms with van der Waals surface area (Å²) in [6.07, 6.45) is -6.25. The average Bonchev–Trinajstić information content (AvgIpc) is 1.54. The first-order valence-electron chi connectivity index (χ1n) is 1.90. The molecule has 0 aliphatic carbocycles. The Bertz CT molecular complexity index is 118. The third-order valence-electron chi connectivity index (χ3n) is 0. The van der Waals surface area contributed by atoms with Crippen molar-refractivity contribution in [1.82, 2.24) is 0 Å². The molecular weight excluding hydrogens is 259 g/mol. The maximum Gasteiger partial charge on any atom is 2.00 e. The molecule has 0 aromatic heterocycles. The third-order valence-corrected chi connectivity index (χ3v) is 0. The second-order valence-electron chi connectivity index (χ2n) is 0.798. The van der Waals surface area contributed by atoms with Crippen LogP contribution in [0.25, 0.3) is 0 Å². The van der Waals surface area contributed by atoms with Gasteiger partial charge < -0.3 is 50.5 Å². The van der Waals surface area contributed by atoms with Crippen molar-refractivity contribution in [3.8, 4) is 0 Å². The SMILES string of the molecule is O.O=C([O-])O.O=C([O-])O.O=C([O-])O.[K+].[Mg+2]. The molecular formula is C3H5KMgO10. The fraction of sp³-hybridized carbons (Fsp3) is 0. The average molecular weight is 264 g/mol. The molecule has 0 unspecified atom stereocenters. The molecule has 0 aliphatic rings. The monoisotopic (exact) mass is 264 g/mol.